The van der Waals surface area contributed by atoms with E-state index in [4.69, 9.17) is 0 Å². The minimum atomic E-state index is -0.0685. The van der Waals surface area contributed by atoms with Gasteiger partial charge in [-0.2, -0.15) is 0 Å². The Kier molecular flexibility index (Phi) is 9.08. The lowest BCUT2D eigenvalue weighted by atomic mass is 10.1. The highest BCUT2D eigenvalue weighted by Crippen LogP contribution is 2.23. The van der Waals surface area contributed by atoms with Crippen LogP contribution >= 0.6 is 0 Å². The first-order valence-corrected chi connectivity index (χ1v) is 10.7. The zero-order valence-corrected chi connectivity index (χ0v) is 19.1. The number of hydrogen-bond donors (Lipinski definition) is 1. The summed E-state index contributed by atoms with van der Waals surface area (Å²) in [5, 5.41) is 9.66. The molecule has 2 aromatic rings. The average Bonchev–Trinajstić information content (AvgIpc) is 2.74. The van der Waals surface area contributed by atoms with Crippen LogP contribution in [0.3, 0.4) is 0 Å². The van der Waals surface area contributed by atoms with E-state index in [2.05, 4.69) is 13.5 Å². The molecule has 0 aliphatic rings. The van der Waals surface area contributed by atoms with Gasteiger partial charge in [-0.15, -0.1) is 0 Å². The number of phenols is 1. The van der Waals surface area contributed by atoms with Crippen LogP contribution in [0.4, 0.5) is 5.69 Å². The van der Waals surface area contributed by atoms with Crippen molar-refractivity contribution in [2.24, 2.45) is 0 Å². The fraction of sp³-hybridized carbons (Fsp3) is 0.250. The van der Waals surface area contributed by atoms with Gasteiger partial charge in [0.1, 0.15) is 5.75 Å². The Balaban J connectivity index is 2.30. The van der Waals surface area contributed by atoms with Crippen LogP contribution < -0.4 is 4.90 Å². The van der Waals surface area contributed by atoms with Gasteiger partial charge in [0.2, 0.25) is 0 Å². The monoisotopic (exact) mass is 415 g/mol. The van der Waals surface area contributed by atoms with Gasteiger partial charge in [0, 0.05) is 17.8 Å². The van der Waals surface area contributed by atoms with E-state index in [1.165, 1.54) is 0 Å². The first kappa shape index (κ1) is 23.9. The fourth-order valence-corrected chi connectivity index (χ4v) is 3.22. The largest absolute Gasteiger partial charge is 0.508 e. The number of carbonyl (C=O) groups is 1. The molecule has 1 N–H and O–H groups in total. The molecule has 3 heteroatoms. The number of anilines is 1. The van der Waals surface area contributed by atoms with Crippen molar-refractivity contribution in [2.45, 2.75) is 40.5 Å². The summed E-state index contributed by atoms with van der Waals surface area (Å²) in [4.78, 5) is 15.1. The topological polar surface area (TPSA) is 40.5 Å². The summed E-state index contributed by atoms with van der Waals surface area (Å²) in [6.07, 6.45) is 10.00. The molecule has 162 valence electrons. The molecule has 0 heterocycles. The van der Waals surface area contributed by atoms with Gasteiger partial charge in [-0.1, -0.05) is 73.6 Å². The summed E-state index contributed by atoms with van der Waals surface area (Å²) in [6, 6.07) is 14.7. The number of amides is 1. The Hall–Kier alpha value is -3.33. The molecule has 1 amide bonds. The third kappa shape index (κ3) is 7.45. The van der Waals surface area contributed by atoms with Crippen molar-refractivity contribution in [3.63, 3.8) is 0 Å². The van der Waals surface area contributed by atoms with E-state index in [1.807, 2.05) is 69.3 Å². The minimum Gasteiger partial charge on any atom is -0.508 e. The van der Waals surface area contributed by atoms with Crippen LogP contribution in [0.25, 0.3) is 6.08 Å². The fourth-order valence-electron chi connectivity index (χ4n) is 3.22. The van der Waals surface area contributed by atoms with Crippen molar-refractivity contribution in [1.29, 1.82) is 0 Å². The van der Waals surface area contributed by atoms with E-state index in [0.717, 1.165) is 40.8 Å². The third-order valence-corrected chi connectivity index (χ3v) is 5.00. The van der Waals surface area contributed by atoms with Crippen molar-refractivity contribution in [2.75, 3.05) is 11.4 Å². The van der Waals surface area contributed by atoms with Crippen molar-refractivity contribution >= 4 is 17.7 Å². The molecule has 0 atom stereocenters. The predicted octanol–water partition coefficient (Wildman–Crippen LogP) is 7.00. The molecule has 0 aliphatic carbocycles. The summed E-state index contributed by atoms with van der Waals surface area (Å²) in [6.45, 7) is 12.5. The number of allylic oxidation sites excluding steroid dienone is 4. The Morgan fingerprint density at radius 3 is 2.42 bits per heavy atom. The van der Waals surface area contributed by atoms with Gasteiger partial charge in [0.25, 0.3) is 5.91 Å². The molecule has 0 bridgehead atoms. The maximum absolute atomic E-state index is 13.4. The van der Waals surface area contributed by atoms with Crippen molar-refractivity contribution in [3.05, 3.63) is 101 Å². The van der Waals surface area contributed by atoms with Gasteiger partial charge in [-0.05, 0) is 68.7 Å². The molecule has 0 saturated carbocycles. The average molecular weight is 416 g/mol. The number of phenolic OH excluding ortho intramolecular Hbond substituents is 1. The lowest BCUT2D eigenvalue weighted by Gasteiger charge is -2.24. The SMILES string of the molecule is C=C(/C=C\C=C(/C)CN(C(=O)/C(C)=C/c1ccccc1C)c1ccc(O)cc1)CCC. The van der Waals surface area contributed by atoms with Crippen molar-refractivity contribution in [1.82, 2.24) is 0 Å². The van der Waals surface area contributed by atoms with Crippen LogP contribution in [-0.2, 0) is 4.79 Å². The molecule has 0 unspecified atom stereocenters. The Morgan fingerprint density at radius 1 is 1.10 bits per heavy atom. The number of nitrogens with zero attached hydrogens (tertiary/aromatic N) is 1. The number of aryl methyl sites for hydroxylation is 1. The molecular formula is C28H33NO2. The molecule has 0 saturated heterocycles. The van der Waals surface area contributed by atoms with Crippen LogP contribution in [0.2, 0.25) is 0 Å². The molecular weight excluding hydrogens is 382 g/mol. The van der Waals surface area contributed by atoms with Gasteiger partial charge in [-0.3, -0.25) is 4.79 Å². The quantitative estimate of drug-likeness (QED) is 0.354. The molecule has 0 radical (unpaired) electrons. The maximum Gasteiger partial charge on any atom is 0.254 e. The summed E-state index contributed by atoms with van der Waals surface area (Å²) in [7, 11) is 0. The maximum atomic E-state index is 13.4. The molecule has 31 heavy (non-hydrogen) atoms. The lowest BCUT2D eigenvalue weighted by Crippen LogP contribution is -2.33. The highest BCUT2D eigenvalue weighted by molar-refractivity contribution is 6.08. The van der Waals surface area contributed by atoms with Gasteiger partial charge in [0.15, 0.2) is 0 Å². The molecule has 2 aromatic carbocycles. The number of benzene rings is 2. The molecule has 0 aliphatic heterocycles. The standard InChI is InChI=1S/C28H33NO2/c1-6-10-21(2)11-9-12-22(3)20-29(26-15-17-27(30)18-16-26)28(31)24(5)19-25-14-8-7-13-23(25)4/h7-9,11-19,30H,2,6,10,20H2,1,3-5H3/b11-9-,22-12+,24-19+. The highest BCUT2D eigenvalue weighted by Gasteiger charge is 2.18. The second-order valence-corrected chi connectivity index (χ2v) is 7.87. The normalized spacial score (nSPS) is 12.3. The van der Waals surface area contributed by atoms with Gasteiger partial charge >= 0.3 is 0 Å². The van der Waals surface area contributed by atoms with Gasteiger partial charge < -0.3 is 10.0 Å². The molecule has 2 rings (SSSR count). The molecule has 3 nitrogen and oxygen atoms in total. The predicted molar refractivity (Wildman–Crippen MR) is 132 cm³/mol. The van der Waals surface area contributed by atoms with Gasteiger partial charge in [0.05, 0.1) is 0 Å². The van der Waals surface area contributed by atoms with E-state index in [9.17, 15) is 9.90 Å². The van der Waals surface area contributed by atoms with Gasteiger partial charge in [-0.25, -0.2) is 0 Å². The zero-order chi connectivity index (χ0) is 22.8. The zero-order valence-electron chi connectivity index (χ0n) is 19.1. The van der Waals surface area contributed by atoms with Crippen LogP contribution in [0.15, 0.2) is 90.1 Å². The number of hydrogen-bond acceptors (Lipinski definition) is 2. The highest BCUT2D eigenvalue weighted by atomic mass is 16.3. The first-order chi connectivity index (χ1) is 14.8. The number of carbonyl (C=O) groups excluding carboxylic acids is 1. The Labute approximate surface area is 186 Å². The number of rotatable bonds is 9. The van der Waals surface area contributed by atoms with Crippen LogP contribution in [0.5, 0.6) is 5.75 Å². The third-order valence-electron chi connectivity index (χ3n) is 5.00. The first-order valence-electron chi connectivity index (χ1n) is 10.7. The van der Waals surface area contributed by atoms with Crippen LogP contribution in [0, 0.1) is 6.92 Å². The number of aromatic hydroxyl groups is 1. The lowest BCUT2D eigenvalue weighted by molar-refractivity contribution is -0.114. The molecule has 0 fully saturated rings. The van der Waals surface area contributed by atoms with Crippen LogP contribution in [-0.4, -0.2) is 17.6 Å². The molecule has 0 spiro atoms. The van der Waals surface area contributed by atoms with Crippen molar-refractivity contribution in [3.8, 4) is 5.75 Å². The van der Waals surface area contributed by atoms with E-state index >= 15 is 0 Å². The molecule has 0 aromatic heterocycles. The van der Waals surface area contributed by atoms with E-state index in [1.54, 1.807) is 29.2 Å². The Morgan fingerprint density at radius 2 is 1.77 bits per heavy atom. The smallest absolute Gasteiger partial charge is 0.254 e. The van der Waals surface area contributed by atoms with Crippen molar-refractivity contribution < 1.29 is 9.90 Å². The Bertz CT molecular complexity index is 994. The van der Waals surface area contributed by atoms with E-state index < -0.39 is 0 Å². The van der Waals surface area contributed by atoms with Crippen LogP contribution in [0.1, 0.15) is 44.7 Å². The summed E-state index contributed by atoms with van der Waals surface area (Å²) < 4.78 is 0. The summed E-state index contributed by atoms with van der Waals surface area (Å²) in [5.74, 6) is 0.106. The second kappa shape index (κ2) is 11.8. The van der Waals surface area contributed by atoms with E-state index in [-0.39, 0.29) is 11.7 Å². The minimum absolute atomic E-state index is 0.0685. The summed E-state index contributed by atoms with van der Waals surface area (Å²) in [5.41, 5.74) is 5.69. The van der Waals surface area contributed by atoms with E-state index in [0.29, 0.717) is 12.1 Å². The second-order valence-electron chi connectivity index (χ2n) is 7.87. The summed E-state index contributed by atoms with van der Waals surface area (Å²) >= 11 is 0.